The summed E-state index contributed by atoms with van der Waals surface area (Å²) in [5, 5.41) is 7.35. The molecule has 0 aliphatic rings. The first-order chi connectivity index (χ1) is 51.5. The smallest absolute Gasteiger partial charge is 0.0701 e. The molecule has 0 radical (unpaired) electrons. The molecule has 2 heteroatoms. The normalized spacial score (nSPS) is 11.1. The van der Waals surface area contributed by atoms with Crippen LogP contribution in [-0.2, 0) is 10.8 Å². The molecule has 0 heterocycles. The van der Waals surface area contributed by atoms with E-state index in [1.54, 1.807) is 0 Å². The SMILES string of the molecule is C(C#Cc1ccc(Nc2ccc(C(c3ccc(-c4ccccc4)cc3)(c3ccc(-c4ccccc4)cc3)c3ccc(-c4ccccc4)cc3)cc2)cc1)#Cc1ccc(Nc2ccc(C(c3ccc(-c4ccccc4)cc3)(c3ccc(-c4ccccc4)cc3)c3ccc(-c4ccccc4)cc3)cc2)cc1. The summed E-state index contributed by atoms with van der Waals surface area (Å²) < 4.78 is 0. The first kappa shape index (κ1) is 64.9. The molecule has 0 aliphatic heterocycles. The Balaban J connectivity index is 0.636. The molecule has 16 aromatic rings. The Bertz CT molecular complexity index is 4870. The van der Waals surface area contributed by atoms with Gasteiger partial charge in [-0.1, -0.05) is 364 Å². The highest BCUT2D eigenvalue weighted by Crippen LogP contribution is 2.49. The molecule has 0 unspecified atom stereocenters. The molecular weight excluding hydrogens is 1250 g/mol. The zero-order chi connectivity index (χ0) is 69.8. The Morgan fingerprint density at radius 1 is 0.144 bits per heavy atom. The van der Waals surface area contributed by atoms with Gasteiger partial charge < -0.3 is 10.6 Å². The van der Waals surface area contributed by atoms with E-state index in [1.165, 1.54) is 100 Å². The molecule has 0 fully saturated rings. The molecule has 16 aromatic carbocycles. The topological polar surface area (TPSA) is 24.1 Å². The fraction of sp³-hybridized carbons (Fsp3) is 0.0196. The lowest BCUT2D eigenvalue weighted by molar-refractivity contribution is 0.745. The third kappa shape index (κ3) is 13.7. The average molecular weight is 1330 g/mol. The maximum atomic E-state index is 3.68. The summed E-state index contributed by atoms with van der Waals surface area (Å²) >= 11 is 0. The van der Waals surface area contributed by atoms with Crippen molar-refractivity contribution < 1.29 is 0 Å². The highest BCUT2D eigenvalue weighted by atomic mass is 14.9. The molecule has 0 aliphatic carbocycles. The summed E-state index contributed by atoms with van der Waals surface area (Å²) in [5.74, 6) is 12.7. The van der Waals surface area contributed by atoms with E-state index in [1.807, 2.05) is 24.3 Å². The van der Waals surface area contributed by atoms with Gasteiger partial charge in [-0.3, -0.25) is 0 Å². The van der Waals surface area contributed by atoms with E-state index in [0.717, 1.165) is 45.0 Å². The number of hydrogen-bond acceptors (Lipinski definition) is 2. The van der Waals surface area contributed by atoms with E-state index in [9.17, 15) is 0 Å². The van der Waals surface area contributed by atoms with Crippen molar-refractivity contribution in [3.05, 3.63) is 480 Å². The van der Waals surface area contributed by atoms with Crippen LogP contribution >= 0.6 is 0 Å². The lowest BCUT2D eigenvalue weighted by atomic mass is 9.64. The van der Waals surface area contributed by atoms with Gasteiger partial charge in [0, 0.05) is 33.9 Å². The summed E-state index contributed by atoms with van der Waals surface area (Å²) in [5.41, 5.74) is 27.8. The second kappa shape index (κ2) is 30.0. The lowest BCUT2D eigenvalue weighted by Gasteiger charge is -2.37. The van der Waals surface area contributed by atoms with Crippen LogP contribution in [0.2, 0.25) is 0 Å². The molecule has 0 saturated carbocycles. The van der Waals surface area contributed by atoms with Gasteiger partial charge in [0.05, 0.1) is 10.8 Å². The Kier molecular flexibility index (Phi) is 18.7. The quantitative estimate of drug-likeness (QED) is 0.0661. The minimum Gasteiger partial charge on any atom is -0.356 e. The van der Waals surface area contributed by atoms with Crippen molar-refractivity contribution in [2.45, 2.75) is 10.8 Å². The molecule has 104 heavy (non-hydrogen) atoms. The van der Waals surface area contributed by atoms with Crippen LogP contribution < -0.4 is 10.6 Å². The van der Waals surface area contributed by atoms with Crippen LogP contribution in [0.5, 0.6) is 0 Å². The van der Waals surface area contributed by atoms with E-state index in [4.69, 9.17) is 0 Å². The van der Waals surface area contributed by atoms with Crippen molar-refractivity contribution in [2.24, 2.45) is 0 Å². The van der Waals surface area contributed by atoms with Crippen LogP contribution in [0, 0.1) is 23.7 Å². The molecule has 0 bridgehead atoms. The molecule has 490 valence electrons. The first-order valence-corrected chi connectivity index (χ1v) is 35.4. The van der Waals surface area contributed by atoms with Gasteiger partial charge >= 0.3 is 0 Å². The molecule has 0 spiro atoms. The standard InChI is InChI=1S/C102H72N2/c1-7-23-77(24-8-1)83-39-51-89(52-40-83)101(90-53-41-84(42-54-90)78-25-9-2-10-26-78,91-55-43-85(44-56-91)79-27-11-3-12-28-79)95-63-71-99(72-64-95)103-97-67-35-75(36-68-97)21-19-20-22-76-37-69-98(70-38-76)104-100-73-65-96(66-74-100)102(92-57-45-86(46-58-92)80-29-13-4-14-30-80,93-59-47-87(48-60-93)81-31-15-5-16-32-81)94-61-49-88(50-62-94)82-33-17-6-18-34-82/h1-18,23-74,103-104H. The molecule has 2 nitrogen and oxygen atoms in total. The minimum atomic E-state index is -0.678. The number of rotatable bonds is 18. The van der Waals surface area contributed by atoms with Crippen LogP contribution in [-0.4, -0.2) is 0 Å². The molecule has 16 rings (SSSR count). The molecule has 0 atom stereocenters. The van der Waals surface area contributed by atoms with Gasteiger partial charge in [0.25, 0.3) is 0 Å². The van der Waals surface area contributed by atoms with Crippen molar-refractivity contribution in [1.29, 1.82) is 0 Å². The predicted octanol–water partition coefficient (Wildman–Crippen LogP) is 25.3. The highest BCUT2D eigenvalue weighted by molar-refractivity contribution is 5.76. The average Bonchev–Trinajstić information content (AvgIpc) is 0.736. The molecule has 0 saturated heterocycles. The van der Waals surface area contributed by atoms with Crippen LogP contribution in [0.3, 0.4) is 0 Å². The third-order valence-corrected chi connectivity index (χ3v) is 20.0. The third-order valence-electron chi connectivity index (χ3n) is 20.0. The highest BCUT2D eigenvalue weighted by Gasteiger charge is 2.40. The maximum Gasteiger partial charge on any atom is 0.0701 e. The van der Waals surface area contributed by atoms with Gasteiger partial charge in [0.1, 0.15) is 0 Å². The van der Waals surface area contributed by atoms with Gasteiger partial charge in [-0.05, 0) is 196 Å². The van der Waals surface area contributed by atoms with E-state index in [-0.39, 0.29) is 0 Å². The van der Waals surface area contributed by atoms with Gasteiger partial charge in [0.15, 0.2) is 0 Å². The second-order valence-corrected chi connectivity index (χ2v) is 26.2. The Morgan fingerprint density at radius 3 is 0.462 bits per heavy atom. The fourth-order valence-electron chi connectivity index (χ4n) is 14.7. The van der Waals surface area contributed by atoms with Gasteiger partial charge in [-0.2, -0.15) is 0 Å². The first-order valence-electron chi connectivity index (χ1n) is 35.4. The van der Waals surface area contributed by atoms with Crippen LogP contribution in [0.1, 0.15) is 55.6 Å². The van der Waals surface area contributed by atoms with E-state index < -0.39 is 10.8 Å². The predicted molar refractivity (Wildman–Crippen MR) is 435 cm³/mol. The number of hydrogen-bond donors (Lipinski definition) is 2. The maximum absolute atomic E-state index is 3.68. The minimum absolute atomic E-state index is 0.678. The molecular formula is C102H72N2. The summed E-state index contributed by atoms with van der Waals surface area (Å²) in [6.45, 7) is 0. The zero-order valence-electron chi connectivity index (χ0n) is 57.4. The summed E-state index contributed by atoms with van der Waals surface area (Å²) in [6.07, 6.45) is 0. The monoisotopic (exact) mass is 1320 g/mol. The summed E-state index contributed by atoms with van der Waals surface area (Å²) in [7, 11) is 0. The van der Waals surface area contributed by atoms with Crippen LogP contribution in [0.4, 0.5) is 22.7 Å². The number of benzene rings is 16. The number of nitrogens with one attached hydrogen (secondary N) is 2. The Hall–Kier alpha value is -13.8. The van der Waals surface area contributed by atoms with E-state index in [2.05, 4.69) is 435 Å². The number of anilines is 4. The molecule has 0 amide bonds. The van der Waals surface area contributed by atoms with Crippen LogP contribution in [0.25, 0.3) is 66.8 Å². The van der Waals surface area contributed by atoms with Gasteiger partial charge in [-0.25, -0.2) is 0 Å². The summed E-state index contributed by atoms with van der Waals surface area (Å²) in [4.78, 5) is 0. The second-order valence-electron chi connectivity index (χ2n) is 26.2. The molecule has 0 aromatic heterocycles. The van der Waals surface area contributed by atoms with E-state index >= 15 is 0 Å². The van der Waals surface area contributed by atoms with Gasteiger partial charge in [-0.15, -0.1) is 0 Å². The van der Waals surface area contributed by atoms with Crippen molar-refractivity contribution in [1.82, 2.24) is 0 Å². The largest absolute Gasteiger partial charge is 0.356 e. The van der Waals surface area contributed by atoms with Gasteiger partial charge in [0.2, 0.25) is 0 Å². The lowest BCUT2D eigenvalue weighted by Crippen LogP contribution is -2.31. The van der Waals surface area contributed by atoms with Crippen molar-refractivity contribution in [3.63, 3.8) is 0 Å². The van der Waals surface area contributed by atoms with Crippen LogP contribution in [0.15, 0.2) is 425 Å². The molecule has 2 N–H and O–H groups in total. The van der Waals surface area contributed by atoms with Crippen molar-refractivity contribution in [3.8, 4) is 90.4 Å². The van der Waals surface area contributed by atoms with E-state index in [0.29, 0.717) is 0 Å². The summed E-state index contributed by atoms with van der Waals surface area (Å²) in [6, 6.07) is 153. The fourth-order valence-corrected chi connectivity index (χ4v) is 14.7. The Morgan fingerprint density at radius 2 is 0.288 bits per heavy atom. The zero-order valence-corrected chi connectivity index (χ0v) is 57.4. The van der Waals surface area contributed by atoms with Crippen molar-refractivity contribution in [2.75, 3.05) is 10.6 Å². The Labute approximate surface area is 611 Å². The van der Waals surface area contributed by atoms with Crippen molar-refractivity contribution >= 4 is 22.7 Å².